The van der Waals surface area contributed by atoms with Crippen LogP contribution in [0.2, 0.25) is 0 Å². The Morgan fingerprint density at radius 2 is 2.08 bits per heavy atom. The van der Waals surface area contributed by atoms with Crippen LogP contribution in [0, 0.1) is 0 Å². The number of likely N-dealkylation sites (N-methyl/N-ethyl adjacent to an activating group) is 1. The Kier molecular flexibility index (Phi) is 5.08. The lowest BCUT2D eigenvalue weighted by Gasteiger charge is -2.34. The molecule has 0 spiro atoms. The van der Waals surface area contributed by atoms with E-state index in [4.69, 9.17) is 10.5 Å². The van der Waals surface area contributed by atoms with Crippen molar-refractivity contribution in [1.29, 1.82) is 0 Å². The molecule has 9 heteroatoms. The molecule has 8 nitrogen and oxygen atoms in total. The van der Waals surface area contributed by atoms with Gasteiger partial charge in [-0.05, 0) is 23.6 Å². The average molecular weight is 374 g/mol. The van der Waals surface area contributed by atoms with E-state index >= 15 is 0 Å². The summed E-state index contributed by atoms with van der Waals surface area (Å²) in [6.07, 6.45) is -0.717. The SMILES string of the molecule is CNC(=O)C1CN(CC(=O)Nc2sccc2C(N)=O)c2ccccc2O1. The zero-order valence-corrected chi connectivity index (χ0v) is 14.8. The molecule has 4 N–H and O–H groups in total. The van der Waals surface area contributed by atoms with Gasteiger partial charge in [0.1, 0.15) is 10.8 Å². The first-order valence-corrected chi connectivity index (χ1v) is 8.77. The van der Waals surface area contributed by atoms with Gasteiger partial charge < -0.3 is 26.0 Å². The number of primary amides is 1. The van der Waals surface area contributed by atoms with E-state index in [-0.39, 0.29) is 30.5 Å². The molecule has 1 aromatic heterocycles. The maximum Gasteiger partial charge on any atom is 0.262 e. The topological polar surface area (TPSA) is 114 Å². The largest absolute Gasteiger partial charge is 0.477 e. The highest BCUT2D eigenvalue weighted by atomic mass is 32.1. The molecule has 0 saturated carbocycles. The third-order valence-electron chi connectivity index (χ3n) is 3.92. The van der Waals surface area contributed by atoms with Crippen LogP contribution in [0.25, 0.3) is 0 Å². The third-order valence-corrected chi connectivity index (χ3v) is 4.75. The Balaban J connectivity index is 1.77. The number of nitrogens with zero attached hydrogens (tertiary/aromatic N) is 1. The molecule has 136 valence electrons. The second-order valence-electron chi connectivity index (χ2n) is 5.64. The number of fused-ring (bicyclic) bond motifs is 1. The highest BCUT2D eigenvalue weighted by Gasteiger charge is 2.31. The summed E-state index contributed by atoms with van der Waals surface area (Å²) in [5.41, 5.74) is 6.29. The predicted octanol–water partition coefficient (Wildman–Crippen LogP) is 0.799. The molecule has 1 aromatic carbocycles. The van der Waals surface area contributed by atoms with E-state index in [9.17, 15) is 14.4 Å². The summed E-state index contributed by atoms with van der Waals surface area (Å²) >= 11 is 1.22. The Morgan fingerprint density at radius 3 is 2.81 bits per heavy atom. The quantitative estimate of drug-likeness (QED) is 0.716. The summed E-state index contributed by atoms with van der Waals surface area (Å²) in [6, 6.07) is 8.77. The molecule has 1 unspecified atom stereocenters. The Labute approximate surface area is 153 Å². The molecule has 3 rings (SSSR count). The van der Waals surface area contributed by atoms with Gasteiger partial charge in [0.2, 0.25) is 5.91 Å². The molecule has 1 aliphatic rings. The van der Waals surface area contributed by atoms with Gasteiger partial charge in [0.15, 0.2) is 6.10 Å². The summed E-state index contributed by atoms with van der Waals surface area (Å²) in [4.78, 5) is 37.6. The van der Waals surface area contributed by atoms with Gasteiger partial charge in [0.05, 0.1) is 24.3 Å². The fourth-order valence-electron chi connectivity index (χ4n) is 2.69. The molecular weight excluding hydrogens is 356 g/mol. The number of para-hydroxylation sites is 2. The first-order valence-electron chi connectivity index (χ1n) is 7.89. The summed E-state index contributed by atoms with van der Waals surface area (Å²) in [5.74, 6) is -0.645. The molecule has 0 saturated heterocycles. The minimum Gasteiger partial charge on any atom is -0.477 e. The van der Waals surface area contributed by atoms with E-state index in [1.54, 1.807) is 28.5 Å². The average Bonchev–Trinajstić information content (AvgIpc) is 3.09. The number of anilines is 2. The second kappa shape index (κ2) is 7.44. The monoisotopic (exact) mass is 374 g/mol. The number of ether oxygens (including phenoxy) is 1. The van der Waals surface area contributed by atoms with Crippen molar-refractivity contribution in [2.24, 2.45) is 5.73 Å². The van der Waals surface area contributed by atoms with Crippen LogP contribution >= 0.6 is 11.3 Å². The van der Waals surface area contributed by atoms with E-state index < -0.39 is 12.0 Å². The maximum atomic E-state index is 12.5. The van der Waals surface area contributed by atoms with Crippen LogP contribution in [-0.4, -0.2) is 44.0 Å². The Hall–Kier alpha value is -3.07. The van der Waals surface area contributed by atoms with E-state index in [1.165, 1.54) is 18.4 Å². The normalized spacial score (nSPS) is 15.6. The van der Waals surface area contributed by atoms with E-state index in [2.05, 4.69) is 10.6 Å². The van der Waals surface area contributed by atoms with Crippen molar-refractivity contribution in [3.8, 4) is 5.75 Å². The van der Waals surface area contributed by atoms with Gasteiger partial charge in [-0.2, -0.15) is 0 Å². The van der Waals surface area contributed by atoms with Gasteiger partial charge in [-0.1, -0.05) is 12.1 Å². The van der Waals surface area contributed by atoms with Crippen LogP contribution < -0.4 is 26.0 Å². The van der Waals surface area contributed by atoms with Gasteiger partial charge in [-0.3, -0.25) is 14.4 Å². The van der Waals surface area contributed by atoms with Crippen molar-refractivity contribution in [2.75, 3.05) is 30.4 Å². The lowest BCUT2D eigenvalue weighted by molar-refractivity contribution is -0.127. The van der Waals surface area contributed by atoms with Gasteiger partial charge in [-0.25, -0.2) is 0 Å². The van der Waals surface area contributed by atoms with Gasteiger partial charge >= 0.3 is 0 Å². The smallest absolute Gasteiger partial charge is 0.262 e. The van der Waals surface area contributed by atoms with Gasteiger partial charge in [-0.15, -0.1) is 11.3 Å². The molecule has 2 aromatic rings. The Morgan fingerprint density at radius 1 is 1.31 bits per heavy atom. The summed E-state index contributed by atoms with van der Waals surface area (Å²) in [5, 5.41) is 7.35. The lowest BCUT2D eigenvalue weighted by Crippen LogP contribution is -2.50. The third kappa shape index (κ3) is 3.62. The molecule has 0 aliphatic carbocycles. The van der Waals surface area contributed by atoms with Gasteiger partial charge in [0.25, 0.3) is 11.8 Å². The number of rotatable bonds is 5. The first-order chi connectivity index (χ1) is 12.5. The number of carbonyl (C=O) groups excluding carboxylic acids is 3. The lowest BCUT2D eigenvalue weighted by atomic mass is 10.1. The minimum absolute atomic E-state index is 0.00394. The number of amides is 3. The fourth-order valence-corrected chi connectivity index (χ4v) is 3.50. The zero-order chi connectivity index (χ0) is 18.7. The van der Waals surface area contributed by atoms with Crippen LogP contribution in [-0.2, 0) is 9.59 Å². The Bertz CT molecular complexity index is 851. The number of carbonyl (C=O) groups is 3. The number of thiophene rings is 1. The number of nitrogens with two attached hydrogens (primary N) is 1. The van der Waals surface area contributed by atoms with Crippen LogP contribution in [0.1, 0.15) is 10.4 Å². The van der Waals surface area contributed by atoms with Crippen molar-refractivity contribution in [1.82, 2.24) is 5.32 Å². The molecule has 1 atom stereocenters. The van der Waals surface area contributed by atoms with Crippen LogP contribution in [0.4, 0.5) is 10.7 Å². The number of benzene rings is 1. The highest BCUT2D eigenvalue weighted by Crippen LogP contribution is 2.33. The number of nitrogens with one attached hydrogen (secondary N) is 2. The van der Waals surface area contributed by atoms with E-state index in [1.807, 2.05) is 12.1 Å². The molecule has 3 amide bonds. The van der Waals surface area contributed by atoms with Crippen molar-refractivity contribution < 1.29 is 19.1 Å². The van der Waals surface area contributed by atoms with E-state index in [0.717, 1.165) is 5.69 Å². The van der Waals surface area contributed by atoms with Crippen LogP contribution in [0.5, 0.6) is 5.75 Å². The fraction of sp³-hybridized carbons (Fsp3) is 0.235. The molecular formula is C17H18N4O4S. The van der Waals surface area contributed by atoms with Crippen molar-refractivity contribution in [3.05, 3.63) is 41.3 Å². The van der Waals surface area contributed by atoms with Crippen LogP contribution in [0.3, 0.4) is 0 Å². The highest BCUT2D eigenvalue weighted by molar-refractivity contribution is 7.14. The molecule has 1 aliphatic heterocycles. The minimum atomic E-state index is -0.717. The van der Waals surface area contributed by atoms with Gasteiger partial charge in [0, 0.05) is 7.05 Å². The second-order valence-corrected chi connectivity index (χ2v) is 6.56. The van der Waals surface area contributed by atoms with E-state index in [0.29, 0.717) is 10.8 Å². The first kappa shape index (κ1) is 17.7. The molecule has 2 heterocycles. The van der Waals surface area contributed by atoms with Crippen molar-refractivity contribution >= 4 is 39.7 Å². The predicted molar refractivity (Wildman–Crippen MR) is 98.6 cm³/mol. The standard InChI is InChI=1S/C17H18N4O4S/c1-19-16(24)13-8-21(11-4-2-3-5-12(11)25-13)9-14(22)20-17-10(15(18)23)6-7-26-17/h2-7,13H,8-9H2,1H3,(H2,18,23)(H,19,24)(H,20,22). The zero-order valence-electron chi connectivity index (χ0n) is 14.0. The molecule has 0 fully saturated rings. The number of hydrogen-bond acceptors (Lipinski definition) is 6. The molecule has 26 heavy (non-hydrogen) atoms. The molecule has 0 radical (unpaired) electrons. The van der Waals surface area contributed by atoms with Crippen molar-refractivity contribution in [2.45, 2.75) is 6.10 Å². The maximum absolute atomic E-state index is 12.5. The number of hydrogen-bond donors (Lipinski definition) is 3. The summed E-state index contributed by atoms with van der Waals surface area (Å²) in [6.45, 7) is 0.237. The summed E-state index contributed by atoms with van der Waals surface area (Å²) < 4.78 is 5.71. The van der Waals surface area contributed by atoms with Crippen LogP contribution in [0.15, 0.2) is 35.7 Å². The van der Waals surface area contributed by atoms with Crippen molar-refractivity contribution in [3.63, 3.8) is 0 Å². The summed E-state index contributed by atoms with van der Waals surface area (Å²) in [7, 11) is 1.53. The molecule has 0 bridgehead atoms.